The number of alkyl halides is 3. The lowest BCUT2D eigenvalue weighted by molar-refractivity contribution is -0.137. The number of anilines is 3. The molecule has 0 atom stereocenters. The Morgan fingerprint density at radius 3 is 2.55 bits per heavy atom. The van der Waals surface area contributed by atoms with Crippen molar-refractivity contribution >= 4 is 28.9 Å². The van der Waals surface area contributed by atoms with Gasteiger partial charge >= 0.3 is 12.2 Å². The van der Waals surface area contributed by atoms with E-state index in [1.807, 2.05) is 0 Å². The van der Waals surface area contributed by atoms with Gasteiger partial charge in [-0.15, -0.1) is 0 Å². The molecule has 0 saturated carbocycles. The number of ether oxygens (including phenoxy) is 1. The fourth-order valence-electron chi connectivity index (χ4n) is 4.85. The van der Waals surface area contributed by atoms with Crippen LogP contribution >= 0.6 is 0 Å². The number of nitrogens with one attached hydrogen (secondary N) is 2. The third-order valence-corrected chi connectivity index (χ3v) is 6.77. The predicted octanol–water partition coefficient (Wildman–Crippen LogP) is 4.52. The molecule has 4 aromatic heterocycles. The van der Waals surface area contributed by atoms with E-state index in [4.69, 9.17) is 14.9 Å². The SMILES string of the molecule is Nc1ncnn2c(CN3CCOCC3)c(-c3cnco3)c(-c3ccc(NC(=O)Nc4cc(C(F)(F)F)ccn4)cc3)c12. The van der Waals surface area contributed by atoms with Gasteiger partial charge in [0, 0.05) is 37.1 Å². The minimum absolute atomic E-state index is 0.237. The van der Waals surface area contributed by atoms with E-state index in [9.17, 15) is 18.0 Å². The van der Waals surface area contributed by atoms with Gasteiger partial charge in [-0.05, 0) is 29.8 Å². The largest absolute Gasteiger partial charge is 0.443 e. The van der Waals surface area contributed by atoms with Crippen LogP contribution in [0.2, 0.25) is 0 Å². The van der Waals surface area contributed by atoms with E-state index in [0.29, 0.717) is 36.7 Å². The van der Waals surface area contributed by atoms with Crippen molar-refractivity contribution in [2.75, 3.05) is 42.7 Å². The molecule has 1 saturated heterocycles. The summed E-state index contributed by atoms with van der Waals surface area (Å²) in [6, 6.07) is 7.69. The van der Waals surface area contributed by atoms with Crippen LogP contribution in [0.3, 0.4) is 0 Å². The van der Waals surface area contributed by atoms with Crippen LogP contribution in [0.1, 0.15) is 11.3 Å². The van der Waals surface area contributed by atoms with Gasteiger partial charge in [-0.2, -0.15) is 18.3 Å². The average Bonchev–Trinajstić information content (AvgIpc) is 3.61. The Morgan fingerprint density at radius 1 is 1.05 bits per heavy atom. The van der Waals surface area contributed by atoms with Crippen molar-refractivity contribution in [3.05, 3.63) is 72.8 Å². The number of pyridine rings is 1. The molecule has 5 aromatic rings. The molecular formula is C27H24F3N9O3. The van der Waals surface area contributed by atoms with E-state index >= 15 is 0 Å². The van der Waals surface area contributed by atoms with Crippen LogP contribution in [0.15, 0.2) is 65.9 Å². The number of benzene rings is 1. The second kappa shape index (κ2) is 11.1. The van der Waals surface area contributed by atoms with Crippen molar-refractivity contribution in [3.8, 4) is 22.5 Å². The number of nitrogens with two attached hydrogens (primary N) is 1. The maximum Gasteiger partial charge on any atom is 0.416 e. The first-order valence-electron chi connectivity index (χ1n) is 12.8. The second-order valence-corrected chi connectivity index (χ2v) is 9.44. The number of carbonyl (C=O) groups excluding carboxylic acids is 1. The second-order valence-electron chi connectivity index (χ2n) is 9.44. The molecule has 0 bridgehead atoms. The van der Waals surface area contributed by atoms with Crippen molar-refractivity contribution in [2.24, 2.45) is 0 Å². The zero-order chi connectivity index (χ0) is 29.3. The van der Waals surface area contributed by atoms with Crippen LogP contribution in [0, 0.1) is 0 Å². The molecule has 4 N–H and O–H groups in total. The number of hydrogen-bond donors (Lipinski definition) is 3. The van der Waals surface area contributed by atoms with Crippen molar-refractivity contribution in [1.29, 1.82) is 0 Å². The molecule has 5 heterocycles. The lowest BCUT2D eigenvalue weighted by atomic mass is 9.99. The summed E-state index contributed by atoms with van der Waals surface area (Å²) in [6.45, 7) is 3.28. The van der Waals surface area contributed by atoms with Crippen LogP contribution in [-0.2, 0) is 17.5 Å². The molecule has 0 unspecified atom stereocenters. The van der Waals surface area contributed by atoms with Gasteiger partial charge in [-0.1, -0.05) is 12.1 Å². The number of amides is 2. The lowest BCUT2D eigenvalue weighted by Gasteiger charge is -2.26. The normalized spacial score (nSPS) is 14.3. The highest BCUT2D eigenvalue weighted by molar-refractivity contribution is 6.01. The Kier molecular flexibility index (Phi) is 7.18. The standard InChI is InChI=1S/C27H24F3N9O3/c28-27(29,30)17-5-6-33-21(11-17)37-26(40)36-18-3-1-16(2-4-18)22-23(20-12-32-15-42-20)19(13-38-7-9-41-10-8-38)39-24(22)25(31)34-14-35-39/h1-6,11-12,14-15H,7-10,13H2,(H2,31,34,35)(H2,33,36,37,40). The third kappa shape index (κ3) is 5.46. The van der Waals surface area contributed by atoms with Gasteiger partial charge in [0.05, 0.1) is 36.2 Å². The van der Waals surface area contributed by atoms with E-state index < -0.39 is 17.8 Å². The minimum atomic E-state index is -4.56. The molecule has 1 aromatic carbocycles. The fourth-order valence-corrected chi connectivity index (χ4v) is 4.85. The van der Waals surface area contributed by atoms with E-state index in [1.54, 1.807) is 35.0 Å². The molecule has 1 aliphatic rings. The molecule has 12 nitrogen and oxygen atoms in total. The van der Waals surface area contributed by atoms with E-state index in [-0.39, 0.29) is 11.6 Å². The molecular weight excluding hydrogens is 555 g/mol. The van der Waals surface area contributed by atoms with Crippen molar-refractivity contribution < 1.29 is 27.1 Å². The number of morpholine rings is 1. The average molecular weight is 580 g/mol. The van der Waals surface area contributed by atoms with Gasteiger partial charge in [-0.3, -0.25) is 10.2 Å². The van der Waals surface area contributed by atoms with Crippen LogP contribution in [0.5, 0.6) is 0 Å². The maximum absolute atomic E-state index is 13.0. The van der Waals surface area contributed by atoms with Gasteiger partial charge in [0.1, 0.15) is 17.7 Å². The van der Waals surface area contributed by atoms with E-state index in [1.165, 1.54) is 12.7 Å². The monoisotopic (exact) mass is 579 g/mol. The summed E-state index contributed by atoms with van der Waals surface area (Å²) in [5, 5.41) is 9.43. The number of carbonyl (C=O) groups is 1. The Bertz CT molecular complexity index is 1720. The quantitative estimate of drug-likeness (QED) is 0.264. The molecule has 0 radical (unpaired) electrons. The first kappa shape index (κ1) is 27.2. The molecule has 1 aliphatic heterocycles. The molecule has 216 valence electrons. The molecule has 0 spiro atoms. The summed E-state index contributed by atoms with van der Waals surface area (Å²) in [5.41, 5.74) is 9.48. The highest BCUT2D eigenvalue weighted by Crippen LogP contribution is 2.42. The molecule has 0 aliphatic carbocycles. The summed E-state index contributed by atoms with van der Waals surface area (Å²) >= 11 is 0. The summed E-state index contributed by atoms with van der Waals surface area (Å²) < 4.78 is 52.0. The molecule has 42 heavy (non-hydrogen) atoms. The summed E-state index contributed by atoms with van der Waals surface area (Å²) in [5.74, 6) is 0.552. The summed E-state index contributed by atoms with van der Waals surface area (Å²) in [7, 11) is 0. The first-order valence-corrected chi connectivity index (χ1v) is 12.8. The summed E-state index contributed by atoms with van der Waals surface area (Å²) in [6.07, 6.45) is 0.775. The number of fused-ring (bicyclic) bond motifs is 1. The number of urea groups is 1. The highest BCUT2D eigenvalue weighted by atomic mass is 19.4. The Labute approximate surface area is 236 Å². The smallest absolute Gasteiger partial charge is 0.416 e. The predicted molar refractivity (Wildman–Crippen MR) is 146 cm³/mol. The maximum atomic E-state index is 13.0. The van der Waals surface area contributed by atoms with Crippen LogP contribution in [0.4, 0.5) is 35.3 Å². The van der Waals surface area contributed by atoms with Gasteiger partial charge in [0.25, 0.3) is 0 Å². The number of aromatic nitrogens is 5. The zero-order valence-corrected chi connectivity index (χ0v) is 21.9. The van der Waals surface area contributed by atoms with Crippen LogP contribution < -0.4 is 16.4 Å². The number of hydrogen-bond acceptors (Lipinski definition) is 9. The van der Waals surface area contributed by atoms with Gasteiger partial charge in [0.15, 0.2) is 18.0 Å². The number of rotatable bonds is 6. The fraction of sp³-hybridized carbons (Fsp3) is 0.222. The highest BCUT2D eigenvalue weighted by Gasteiger charge is 2.31. The summed E-state index contributed by atoms with van der Waals surface area (Å²) in [4.78, 5) is 26.9. The van der Waals surface area contributed by atoms with E-state index in [2.05, 4.69) is 35.6 Å². The Hall–Kier alpha value is -5.02. The molecule has 15 heteroatoms. The van der Waals surface area contributed by atoms with Crippen molar-refractivity contribution in [2.45, 2.75) is 12.7 Å². The lowest BCUT2D eigenvalue weighted by Crippen LogP contribution is -2.36. The van der Waals surface area contributed by atoms with Crippen molar-refractivity contribution in [1.82, 2.24) is 29.5 Å². The number of halogens is 3. The molecule has 6 rings (SSSR count). The minimum Gasteiger partial charge on any atom is -0.443 e. The number of nitrogen functional groups attached to an aromatic ring is 1. The van der Waals surface area contributed by atoms with Gasteiger partial charge < -0.3 is 20.2 Å². The Balaban J connectivity index is 1.33. The Morgan fingerprint density at radius 2 is 1.83 bits per heavy atom. The first-order chi connectivity index (χ1) is 20.3. The third-order valence-electron chi connectivity index (χ3n) is 6.77. The topological polar surface area (TPSA) is 149 Å². The van der Waals surface area contributed by atoms with Crippen molar-refractivity contribution in [3.63, 3.8) is 0 Å². The number of nitrogens with zero attached hydrogens (tertiary/aromatic N) is 6. The molecule has 2 amide bonds. The van der Waals surface area contributed by atoms with Crippen LogP contribution in [-0.4, -0.2) is 61.8 Å². The zero-order valence-electron chi connectivity index (χ0n) is 21.9. The van der Waals surface area contributed by atoms with Gasteiger partial charge in [0.2, 0.25) is 0 Å². The van der Waals surface area contributed by atoms with Gasteiger partial charge in [-0.25, -0.2) is 24.3 Å². The van der Waals surface area contributed by atoms with E-state index in [0.717, 1.165) is 53.8 Å². The van der Waals surface area contributed by atoms with Crippen LogP contribution in [0.25, 0.3) is 28.0 Å². The molecule has 1 fully saturated rings. The number of oxazole rings is 1.